The smallest absolute Gasteiger partial charge is 0.243 e. The van der Waals surface area contributed by atoms with Crippen molar-refractivity contribution < 1.29 is 4.79 Å². The Labute approximate surface area is 101 Å². The highest BCUT2D eigenvalue weighted by Crippen LogP contribution is 2.38. The normalized spacial score (nSPS) is 21.0. The van der Waals surface area contributed by atoms with Crippen LogP contribution in [0.4, 0.5) is 0 Å². The predicted octanol–water partition coefficient (Wildman–Crippen LogP) is 1.06. The number of carbonyl (C=O) groups excluding carboxylic acids is 1. The monoisotopic (exact) mass is 231 g/mol. The first-order valence-corrected chi connectivity index (χ1v) is 6.18. The van der Waals surface area contributed by atoms with E-state index in [1.807, 2.05) is 17.0 Å². The molecule has 90 valence electrons. The molecule has 4 nitrogen and oxygen atoms in total. The van der Waals surface area contributed by atoms with Gasteiger partial charge in [0.05, 0.1) is 5.54 Å². The summed E-state index contributed by atoms with van der Waals surface area (Å²) in [5, 5.41) is 0. The molecule has 0 bridgehead atoms. The summed E-state index contributed by atoms with van der Waals surface area (Å²) in [6, 6.07) is 4.33. The van der Waals surface area contributed by atoms with Crippen LogP contribution in [0.5, 0.6) is 0 Å². The summed E-state index contributed by atoms with van der Waals surface area (Å²) in [4.78, 5) is 18.3. The summed E-state index contributed by atoms with van der Waals surface area (Å²) in [7, 11) is 0. The number of rotatable bonds is 4. The minimum absolute atomic E-state index is 0.136. The van der Waals surface area contributed by atoms with Gasteiger partial charge < -0.3 is 10.6 Å². The van der Waals surface area contributed by atoms with Crippen LogP contribution in [0.1, 0.15) is 31.2 Å². The molecule has 0 atom stereocenters. The van der Waals surface area contributed by atoms with E-state index in [0.717, 1.165) is 31.2 Å². The van der Waals surface area contributed by atoms with Gasteiger partial charge in [0.15, 0.2) is 0 Å². The van der Waals surface area contributed by atoms with Crippen molar-refractivity contribution in [3.63, 3.8) is 0 Å². The van der Waals surface area contributed by atoms with Gasteiger partial charge in [0.1, 0.15) is 0 Å². The van der Waals surface area contributed by atoms with Crippen molar-refractivity contribution in [3.05, 3.63) is 30.1 Å². The molecule has 17 heavy (non-hydrogen) atoms. The summed E-state index contributed by atoms with van der Waals surface area (Å²) in [6.07, 6.45) is 7.44. The largest absolute Gasteiger partial charge is 0.334 e. The third-order valence-electron chi connectivity index (χ3n) is 3.57. The molecule has 2 aliphatic rings. The SMILES string of the molecule is NC1(C(=O)N(Cc2ccncc2)C2CC2)CC1. The molecule has 0 saturated heterocycles. The third-order valence-corrected chi connectivity index (χ3v) is 3.57. The van der Waals surface area contributed by atoms with Crippen molar-refractivity contribution in [2.45, 2.75) is 43.8 Å². The van der Waals surface area contributed by atoms with Crippen LogP contribution in [0.2, 0.25) is 0 Å². The van der Waals surface area contributed by atoms with Gasteiger partial charge in [-0.1, -0.05) is 0 Å². The lowest BCUT2D eigenvalue weighted by molar-refractivity contribution is -0.134. The number of hydrogen-bond donors (Lipinski definition) is 1. The van der Waals surface area contributed by atoms with Crippen LogP contribution in [-0.2, 0) is 11.3 Å². The molecule has 2 aliphatic carbocycles. The van der Waals surface area contributed by atoms with Crippen molar-refractivity contribution in [1.82, 2.24) is 9.88 Å². The Balaban J connectivity index is 1.74. The molecule has 2 fully saturated rings. The lowest BCUT2D eigenvalue weighted by Gasteiger charge is -2.25. The Morgan fingerprint density at radius 1 is 1.41 bits per heavy atom. The number of hydrogen-bond acceptors (Lipinski definition) is 3. The second kappa shape index (κ2) is 3.81. The molecule has 4 heteroatoms. The molecule has 1 aromatic rings. The van der Waals surface area contributed by atoms with E-state index < -0.39 is 5.54 Å². The van der Waals surface area contributed by atoms with Crippen LogP contribution in [0.15, 0.2) is 24.5 Å². The molecule has 0 radical (unpaired) electrons. The topological polar surface area (TPSA) is 59.2 Å². The summed E-state index contributed by atoms with van der Waals surface area (Å²) in [5.74, 6) is 0.136. The molecule has 0 spiro atoms. The number of nitrogens with zero attached hydrogens (tertiary/aromatic N) is 2. The maximum absolute atomic E-state index is 12.3. The average molecular weight is 231 g/mol. The van der Waals surface area contributed by atoms with Gasteiger partial charge in [0.2, 0.25) is 5.91 Å². The Bertz CT molecular complexity index is 424. The third kappa shape index (κ3) is 2.17. The maximum Gasteiger partial charge on any atom is 0.243 e. The van der Waals surface area contributed by atoms with Crippen LogP contribution < -0.4 is 5.73 Å². The Kier molecular flexibility index (Phi) is 2.40. The van der Waals surface area contributed by atoms with Crippen molar-refractivity contribution in [1.29, 1.82) is 0 Å². The molecule has 1 heterocycles. The zero-order chi connectivity index (χ0) is 11.9. The molecular weight excluding hydrogens is 214 g/mol. The summed E-state index contributed by atoms with van der Waals surface area (Å²) in [5.41, 5.74) is 6.59. The number of nitrogens with two attached hydrogens (primary N) is 1. The van der Waals surface area contributed by atoms with Gasteiger partial charge >= 0.3 is 0 Å². The first kappa shape index (κ1) is 10.7. The zero-order valence-electron chi connectivity index (χ0n) is 9.80. The van der Waals surface area contributed by atoms with E-state index in [-0.39, 0.29) is 5.91 Å². The zero-order valence-corrected chi connectivity index (χ0v) is 9.80. The molecular formula is C13H17N3O. The number of carbonyl (C=O) groups is 1. The second-order valence-corrected chi connectivity index (χ2v) is 5.18. The summed E-state index contributed by atoms with van der Waals surface area (Å²) >= 11 is 0. The minimum atomic E-state index is -0.546. The first-order valence-electron chi connectivity index (χ1n) is 6.18. The molecule has 2 saturated carbocycles. The molecule has 1 amide bonds. The van der Waals surface area contributed by atoms with E-state index in [1.54, 1.807) is 12.4 Å². The van der Waals surface area contributed by atoms with E-state index in [4.69, 9.17) is 5.73 Å². The lowest BCUT2D eigenvalue weighted by atomic mass is 10.2. The average Bonchev–Trinajstić information content (AvgIpc) is 3.22. The van der Waals surface area contributed by atoms with Gasteiger partial charge in [0, 0.05) is 25.0 Å². The van der Waals surface area contributed by atoms with E-state index >= 15 is 0 Å². The fourth-order valence-electron chi connectivity index (χ4n) is 2.07. The van der Waals surface area contributed by atoms with Crippen LogP contribution in [0, 0.1) is 0 Å². The van der Waals surface area contributed by atoms with Gasteiger partial charge in [0.25, 0.3) is 0 Å². The molecule has 1 aromatic heterocycles. The minimum Gasteiger partial charge on any atom is -0.334 e. The second-order valence-electron chi connectivity index (χ2n) is 5.18. The van der Waals surface area contributed by atoms with Crippen LogP contribution in [0.25, 0.3) is 0 Å². The van der Waals surface area contributed by atoms with E-state index in [9.17, 15) is 4.79 Å². The quantitative estimate of drug-likeness (QED) is 0.843. The molecule has 3 rings (SSSR count). The maximum atomic E-state index is 12.3. The van der Waals surface area contributed by atoms with Gasteiger partial charge in [-0.2, -0.15) is 0 Å². The standard InChI is InChI=1S/C13H17N3O/c14-13(5-6-13)12(17)16(11-1-2-11)9-10-3-7-15-8-4-10/h3-4,7-8,11H,1-2,5-6,9,14H2. The van der Waals surface area contributed by atoms with E-state index in [2.05, 4.69) is 4.98 Å². The van der Waals surface area contributed by atoms with Crippen molar-refractivity contribution >= 4 is 5.91 Å². The van der Waals surface area contributed by atoms with Crippen molar-refractivity contribution in [2.75, 3.05) is 0 Å². The number of amides is 1. The number of aromatic nitrogens is 1. The molecule has 2 N–H and O–H groups in total. The predicted molar refractivity (Wildman–Crippen MR) is 64.0 cm³/mol. The highest BCUT2D eigenvalue weighted by atomic mass is 16.2. The van der Waals surface area contributed by atoms with Gasteiger partial charge in [-0.05, 0) is 43.4 Å². The Hall–Kier alpha value is -1.42. The number of pyridine rings is 1. The fourth-order valence-corrected chi connectivity index (χ4v) is 2.07. The summed E-state index contributed by atoms with van der Waals surface area (Å²) in [6.45, 7) is 0.672. The lowest BCUT2D eigenvalue weighted by Crippen LogP contribution is -2.46. The van der Waals surface area contributed by atoms with E-state index in [0.29, 0.717) is 12.6 Å². The molecule has 0 unspecified atom stereocenters. The van der Waals surface area contributed by atoms with E-state index in [1.165, 1.54) is 0 Å². The van der Waals surface area contributed by atoms with Gasteiger partial charge in [-0.3, -0.25) is 9.78 Å². The first-order chi connectivity index (χ1) is 8.19. The Morgan fingerprint density at radius 2 is 2.06 bits per heavy atom. The van der Waals surface area contributed by atoms with Crippen LogP contribution >= 0.6 is 0 Å². The molecule has 0 aromatic carbocycles. The highest BCUT2D eigenvalue weighted by molar-refractivity contribution is 5.89. The van der Waals surface area contributed by atoms with Gasteiger partial charge in [-0.15, -0.1) is 0 Å². The fraction of sp³-hybridized carbons (Fsp3) is 0.538. The van der Waals surface area contributed by atoms with Crippen molar-refractivity contribution in [2.24, 2.45) is 5.73 Å². The highest BCUT2D eigenvalue weighted by Gasteiger charge is 2.50. The van der Waals surface area contributed by atoms with Crippen molar-refractivity contribution in [3.8, 4) is 0 Å². The molecule has 0 aliphatic heterocycles. The summed E-state index contributed by atoms with van der Waals surface area (Å²) < 4.78 is 0. The van der Waals surface area contributed by atoms with Crippen LogP contribution in [-0.4, -0.2) is 27.4 Å². The Morgan fingerprint density at radius 3 is 2.59 bits per heavy atom. The van der Waals surface area contributed by atoms with Crippen LogP contribution in [0.3, 0.4) is 0 Å². The van der Waals surface area contributed by atoms with Gasteiger partial charge in [-0.25, -0.2) is 0 Å².